The highest BCUT2D eigenvalue weighted by molar-refractivity contribution is 8.14. The van der Waals surface area contributed by atoms with Gasteiger partial charge < -0.3 is 10.5 Å². The Balaban J connectivity index is 1.68. The molecular formula is C20H19ClN4O3S. The van der Waals surface area contributed by atoms with Gasteiger partial charge in [0.2, 0.25) is 11.8 Å². The molecule has 2 N–H and O–H groups in total. The summed E-state index contributed by atoms with van der Waals surface area (Å²) in [5.41, 5.74) is 7.92. The molecule has 29 heavy (non-hydrogen) atoms. The number of anilines is 1. The van der Waals surface area contributed by atoms with Crippen LogP contribution in [0.4, 0.5) is 5.69 Å². The molecule has 1 saturated heterocycles. The van der Waals surface area contributed by atoms with E-state index in [1.54, 1.807) is 50.4 Å². The number of hydrogen-bond acceptors (Lipinski definition) is 6. The fourth-order valence-electron chi connectivity index (χ4n) is 2.74. The first kappa shape index (κ1) is 20.9. The molecule has 9 heteroatoms. The van der Waals surface area contributed by atoms with Crippen LogP contribution in [0.3, 0.4) is 0 Å². The molecule has 2 amide bonds. The second-order valence-corrected chi connectivity index (χ2v) is 7.87. The molecule has 0 radical (unpaired) electrons. The minimum atomic E-state index is -0.639. The lowest BCUT2D eigenvalue weighted by Gasteiger charge is -2.15. The standard InChI is InChI=1S/C20H19ClN4O3S/c1-12(13-3-5-14(21)6-4-13)23-24-20(22)29-17-11-18(26)25(19(17)27)15-7-9-16(28-2)10-8-15/h3-10,17H,11H2,1-2H3,(H2,22,24). The van der Waals surface area contributed by atoms with E-state index in [4.69, 9.17) is 22.1 Å². The minimum absolute atomic E-state index is 0.0473. The molecule has 0 saturated carbocycles. The van der Waals surface area contributed by atoms with Gasteiger partial charge in [-0.05, 0) is 48.9 Å². The van der Waals surface area contributed by atoms with Crippen molar-refractivity contribution in [2.45, 2.75) is 18.6 Å². The van der Waals surface area contributed by atoms with E-state index in [0.29, 0.717) is 22.2 Å². The van der Waals surface area contributed by atoms with Crippen molar-refractivity contribution in [3.05, 3.63) is 59.1 Å². The highest BCUT2D eigenvalue weighted by Gasteiger charge is 2.40. The molecule has 1 aliphatic rings. The normalized spacial score (nSPS) is 17.8. The summed E-state index contributed by atoms with van der Waals surface area (Å²) in [6.07, 6.45) is 0.0473. The molecule has 1 heterocycles. The highest BCUT2D eigenvalue weighted by Crippen LogP contribution is 2.30. The van der Waals surface area contributed by atoms with Crippen molar-refractivity contribution in [1.82, 2.24) is 0 Å². The Labute approximate surface area is 177 Å². The van der Waals surface area contributed by atoms with Crippen molar-refractivity contribution in [3.8, 4) is 5.75 Å². The smallest absolute Gasteiger partial charge is 0.247 e. The molecule has 1 atom stereocenters. The molecule has 2 aromatic rings. The van der Waals surface area contributed by atoms with Crippen LogP contribution in [0.1, 0.15) is 18.9 Å². The number of amides is 2. The highest BCUT2D eigenvalue weighted by atomic mass is 35.5. The van der Waals surface area contributed by atoms with Crippen LogP contribution in [0.25, 0.3) is 0 Å². The first-order valence-corrected chi connectivity index (χ1v) is 9.96. The molecule has 1 unspecified atom stereocenters. The Morgan fingerprint density at radius 1 is 1.14 bits per heavy atom. The average Bonchev–Trinajstić information content (AvgIpc) is 2.99. The number of halogens is 1. The number of amidine groups is 1. The van der Waals surface area contributed by atoms with Crippen molar-refractivity contribution in [3.63, 3.8) is 0 Å². The molecular weight excluding hydrogens is 412 g/mol. The molecule has 0 aliphatic carbocycles. The summed E-state index contributed by atoms with van der Waals surface area (Å²) in [7, 11) is 1.55. The Bertz CT molecular complexity index is 974. The predicted molar refractivity (Wildman–Crippen MR) is 117 cm³/mol. The van der Waals surface area contributed by atoms with Crippen LogP contribution in [0, 0.1) is 0 Å². The van der Waals surface area contributed by atoms with E-state index in [-0.39, 0.29) is 23.4 Å². The van der Waals surface area contributed by atoms with Crippen LogP contribution in [0.5, 0.6) is 5.75 Å². The lowest BCUT2D eigenvalue weighted by Crippen LogP contribution is -2.31. The topological polar surface area (TPSA) is 97.3 Å². The largest absolute Gasteiger partial charge is 0.497 e. The van der Waals surface area contributed by atoms with Crippen LogP contribution in [-0.2, 0) is 9.59 Å². The van der Waals surface area contributed by atoms with Crippen LogP contribution in [0.15, 0.2) is 58.7 Å². The number of imide groups is 1. The number of benzene rings is 2. The number of rotatable bonds is 5. The molecule has 3 rings (SSSR count). The van der Waals surface area contributed by atoms with Gasteiger partial charge in [-0.3, -0.25) is 9.59 Å². The maximum Gasteiger partial charge on any atom is 0.247 e. The third-order valence-corrected chi connectivity index (χ3v) is 5.49. The lowest BCUT2D eigenvalue weighted by molar-refractivity contribution is -0.121. The molecule has 150 valence electrons. The SMILES string of the molecule is COc1ccc(N2C(=O)CC(SC(N)=NN=C(C)c3ccc(Cl)cc3)C2=O)cc1. The van der Waals surface area contributed by atoms with Gasteiger partial charge in [0.25, 0.3) is 0 Å². The van der Waals surface area contributed by atoms with Gasteiger partial charge >= 0.3 is 0 Å². The number of ether oxygens (including phenoxy) is 1. The molecule has 0 aromatic heterocycles. The number of hydrogen-bond donors (Lipinski definition) is 1. The zero-order valence-corrected chi connectivity index (χ0v) is 17.4. The van der Waals surface area contributed by atoms with Crippen LogP contribution >= 0.6 is 23.4 Å². The van der Waals surface area contributed by atoms with Crippen LogP contribution < -0.4 is 15.4 Å². The summed E-state index contributed by atoms with van der Waals surface area (Å²) < 4.78 is 5.10. The quantitative estimate of drug-likeness (QED) is 0.339. The van der Waals surface area contributed by atoms with Crippen molar-refractivity contribution < 1.29 is 14.3 Å². The molecule has 1 fully saturated rings. The van der Waals surface area contributed by atoms with Gasteiger partial charge in [0.15, 0.2) is 5.17 Å². The summed E-state index contributed by atoms with van der Waals surface area (Å²) in [4.78, 5) is 26.2. The second kappa shape index (κ2) is 9.11. The van der Waals surface area contributed by atoms with Gasteiger partial charge in [-0.25, -0.2) is 4.90 Å². The fraction of sp³-hybridized carbons (Fsp3) is 0.200. The van der Waals surface area contributed by atoms with E-state index in [1.165, 1.54) is 0 Å². The third-order valence-electron chi connectivity index (χ3n) is 4.26. The lowest BCUT2D eigenvalue weighted by atomic mass is 10.1. The Morgan fingerprint density at radius 3 is 2.41 bits per heavy atom. The molecule has 2 aromatic carbocycles. The van der Waals surface area contributed by atoms with E-state index < -0.39 is 5.25 Å². The van der Waals surface area contributed by atoms with Crippen molar-refractivity contribution in [2.75, 3.05) is 12.0 Å². The summed E-state index contributed by atoms with van der Waals surface area (Å²) in [6, 6.07) is 13.9. The van der Waals surface area contributed by atoms with Crippen LogP contribution in [0.2, 0.25) is 5.02 Å². The minimum Gasteiger partial charge on any atom is -0.497 e. The molecule has 1 aliphatic heterocycles. The number of carbonyl (C=O) groups is 2. The third kappa shape index (κ3) is 4.96. The second-order valence-electron chi connectivity index (χ2n) is 6.21. The van der Waals surface area contributed by atoms with E-state index in [2.05, 4.69) is 10.2 Å². The Kier molecular flexibility index (Phi) is 6.56. The molecule has 0 bridgehead atoms. The van der Waals surface area contributed by atoms with Gasteiger partial charge in [-0.1, -0.05) is 35.5 Å². The van der Waals surface area contributed by atoms with Gasteiger partial charge in [0, 0.05) is 11.4 Å². The monoisotopic (exact) mass is 430 g/mol. The maximum atomic E-state index is 12.7. The van der Waals surface area contributed by atoms with Crippen molar-refractivity contribution >= 4 is 51.7 Å². The number of methoxy groups -OCH3 is 1. The Morgan fingerprint density at radius 2 is 1.79 bits per heavy atom. The predicted octanol–water partition coefficient (Wildman–Crippen LogP) is 3.45. The van der Waals surface area contributed by atoms with Crippen LogP contribution in [-0.4, -0.2) is 35.1 Å². The zero-order valence-electron chi connectivity index (χ0n) is 15.8. The summed E-state index contributed by atoms with van der Waals surface area (Å²) in [5, 5.41) is 8.18. The van der Waals surface area contributed by atoms with E-state index >= 15 is 0 Å². The maximum absolute atomic E-state index is 12.7. The number of nitrogens with two attached hydrogens (primary N) is 1. The summed E-state index contributed by atoms with van der Waals surface area (Å²) in [6.45, 7) is 1.79. The first-order valence-electron chi connectivity index (χ1n) is 8.70. The Hall–Kier alpha value is -2.84. The van der Waals surface area contributed by atoms with Gasteiger partial charge in [-0.15, -0.1) is 5.10 Å². The number of thioether (sulfide) groups is 1. The number of carbonyl (C=O) groups excluding carboxylic acids is 2. The van der Waals surface area contributed by atoms with Crippen molar-refractivity contribution in [2.24, 2.45) is 15.9 Å². The van der Waals surface area contributed by atoms with Gasteiger partial charge in [0.1, 0.15) is 11.0 Å². The first-order chi connectivity index (χ1) is 13.9. The van der Waals surface area contributed by atoms with Gasteiger partial charge in [-0.2, -0.15) is 5.10 Å². The van der Waals surface area contributed by atoms with E-state index in [1.807, 2.05) is 12.1 Å². The summed E-state index contributed by atoms with van der Waals surface area (Å²) in [5.74, 6) is 0.0251. The fourth-order valence-corrected chi connectivity index (χ4v) is 3.68. The zero-order chi connectivity index (χ0) is 21.0. The van der Waals surface area contributed by atoms with E-state index in [9.17, 15) is 9.59 Å². The van der Waals surface area contributed by atoms with Gasteiger partial charge in [0.05, 0.1) is 18.5 Å². The average molecular weight is 431 g/mol. The molecule has 0 spiro atoms. The number of nitrogens with zero attached hydrogens (tertiary/aromatic N) is 3. The van der Waals surface area contributed by atoms with Crippen molar-refractivity contribution in [1.29, 1.82) is 0 Å². The summed E-state index contributed by atoms with van der Waals surface area (Å²) >= 11 is 6.90. The molecule has 7 nitrogen and oxygen atoms in total. The van der Waals surface area contributed by atoms with E-state index in [0.717, 1.165) is 22.2 Å².